The molecule has 0 aliphatic rings. The van der Waals surface area contributed by atoms with Crippen molar-refractivity contribution in [1.29, 1.82) is 0 Å². The van der Waals surface area contributed by atoms with Gasteiger partial charge in [0.05, 0.1) is 6.20 Å². The highest BCUT2D eigenvalue weighted by Gasteiger charge is 1.97. The van der Waals surface area contributed by atoms with Crippen LogP contribution in [0.25, 0.3) is 0 Å². The van der Waals surface area contributed by atoms with Gasteiger partial charge in [-0.15, -0.1) is 0 Å². The Balaban J connectivity index is 2.33. The molecule has 0 saturated carbocycles. The van der Waals surface area contributed by atoms with Crippen molar-refractivity contribution in [2.45, 2.75) is 26.3 Å². The van der Waals surface area contributed by atoms with Gasteiger partial charge >= 0.3 is 0 Å². The highest BCUT2D eigenvalue weighted by atomic mass is 16.5. The second-order valence-electron chi connectivity index (χ2n) is 3.07. The summed E-state index contributed by atoms with van der Waals surface area (Å²) in [7, 11) is 0. The standard InChI is InChI=1S/C9H17N5O/c1-2-3-5-11-9(14-10)12-7-8-4-6-13-15-8/h4,6H,2-3,5,7,10H2,1H3,(H2,11,12,14). The van der Waals surface area contributed by atoms with E-state index in [1.54, 1.807) is 12.3 Å². The molecule has 0 fully saturated rings. The minimum Gasteiger partial charge on any atom is -0.359 e. The van der Waals surface area contributed by atoms with Crippen LogP contribution in [0.15, 0.2) is 21.8 Å². The van der Waals surface area contributed by atoms with Crippen LogP contribution in [0.1, 0.15) is 25.5 Å². The molecule has 0 saturated heterocycles. The van der Waals surface area contributed by atoms with Crippen LogP contribution in [-0.4, -0.2) is 17.7 Å². The Labute approximate surface area is 88.9 Å². The highest BCUT2D eigenvalue weighted by molar-refractivity contribution is 5.79. The van der Waals surface area contributed by atoms with E-state index in [4.69, 9.17) is 10.4 Å². The highest BCUT2D eigenvalue weighted by Crippen LogP contribution is 1.97. The fraction of sp³-hybridized carbons (Fsp3) is 0.556. The number of hydrogen-bond donors (Lipinski definition) is 3. The van der Waals surface area contributed by atoms with E-state index in [0.717, 1.165) is 19.4 Å². The molecule has 84 valence electrons. The molecule has 1 heterocycles. The van der Waals surface area contributed by atoms with Gasteiger partial charge in [-0.2, -0.15) is 0 Å². The number of aliphatic imine (C=N–C) groups is 1. The SMILES string of the molecule is CCCCNC(=NCc1ccno1)NN. The van der Waals surface area contributed by atoms with Gasteiger partial charge in [-0.1, -0.05) is 18.5 Å². The Morgan fingerprint density at radius 3 is 3.13 bits per heavy atom. The number of rotatable bonds is 5. The Morgan fingerprint density at radius 2 is 2.53 bits per heavy atom. The largest absolute Gasteiger partial charge is 0.359 e. The van der Waals surface area contributed by atoms with Gasteiger partial charge < -0.3 is 9.84 Å². The van der Waals surface area contributed by atoms with E-state index < -0.39 is 0 Å². The maximum atomic E-state index is 5.30. The molecule has 1 aromatic rings. The third-order valence-electron chi connectivity index (χ3n) is 1.84. The van der Waals surface area contributed by atoms with Crippen LogP contribution in [0.3, 0.4) is 0 Å². The maximum Gasteiger partial charge on any atom is 0.206 e. The summed E-state index contributed by atoms with van der Waals surface area (Å²) in [4.78, 5) is 4.19. The smallest absolute Gasteiger partial charge is 0.206 e. The Kier molecular flexibility index (Phi) is 5.24. The third-order valence-corrected chi connectivity index (χ3v) is 1.84. The number of nitrogens with two attached hydrogens (primary N) is 1. The first-order valence-corrected chi connectivity index (χ1v) is 5.01. The molecule has 0 aliphatic carbocycles. The molecule has 0 spiro atoms. The molecule has 0 atom stereocenters. The lowest BCUT2D eigenvalue weighted by Gasteiger charge is -2.07. The van der Waals surface area contributed by atoms with Crippen molar-refractivity contribution in [1.82, 2.24) is 15.9 Å². The second kappa shape index (κ2) is 6.83. The molecule has 0 aromatic carbocycles. The summed E-state index contributed by atoms with van der Waals surface area (Å²) < 4.78 is 4.90. The number of nitrogens with one attached hydrogen (secondary N) is 2. The second-order valence-corrected chi connectivity index (χ2v) is 3.07. The average molecular weight is 211 g/mol. The van der Waals surface area contributed by atoms with E-state index in [-0.39, 0.29) is 0 Å². The summed E-state index contributed by atoms with van der Waals surface area (Å²) in [5.41, 5.74) is 2.50. The quantitative estimate of drug-likeness (QED) is 0.215. The Morgan fingerprint density at radius 1 is 1.67 bits per heavy atom. The van der Waals surface area contributed by atoms with Crippen molar-refractivity contribution < 1.29 is 4.52 Å². The number of hydrogen-bond acceptors (Lipinski definition) is 4. The number of guanidine groups is 1. The van der Waals surface area contributed by atoms with Crippen LogP contribution in [0.2, 0.25) is 0 Å². The van der Waals surface area contributed by atoms with Gasteiger partial charge in [-0.25, -0.2) is 10.8 Å². The van der Waals surface area contributed by atoms with Gasteiger partial charge in [-0.05, 0) is 6.42 Å². The maximum absolute atomic E-state index is 5.30. The summed E-state index contributed by atoms with van der Waals surface area (Å²) in [6.07, 6.45) is 3.81. The summed E-state index contributed by atoms with van der Waals surface area (Å²) in [6, 6.07) is 1.77. The summed E-state index contributed by atoms with van der Waals surface area (Å²) >= 11 is 0. The van der Waals surface area contributed by atoms with Crippen LogP contribution in [0, 0.1) is 0 Å². The van der Waals surface area contributed by atoms with Gasteiger partial charge in [0, 0.05) is 12.6 Å². The first-order chi connectivity index (χ1) is 7.36. The van der Waals surface area contributed by atoms with Crippen LogP contribution in [-0.2, 0) is 6.54 Å². The van der Waals surface area contributed by atoms with Crippen molar-refractivity contribution in [3.05, 3.63) is 18.0 Å². The average Bonchev–Trinajstić information content (AvgIpc) is 2.76. The summed E-state index contributed by atoms with van der Waals surface area (Å²) in [5, 5.41) is 6.67. The van der Waals surface area contributed by atoms with E-state index >= 15 is 0 Å². The van der Waals surface area contributed by atoms with E-state index in [0.29, 0.717) is 18.3 Å². The van der Waals surface area contributed by atoms with Gasteiger partial charge in [0.1, 0.15) is 6.54 Å². The molecule has 0 aliphatic heterocycles. The van der Waals surface area contributed by atoms with Crippen LogP contribution in [0.4, 0.5) is 0 Å². The van der Waals surface area contributed by atoms with E-state index in [9.17, 15) is 0 Å². The Hall–Kier alpha value is -1.56. The van der Waals surface area contributed by atoms with Crippen LogP contribution < -0.4 is 16.6 Å². The van der Waals surface area contributed by atoms with Crippen molar-refractivity contribution in [2.24, 2.45) is 10.8 Å². The summed E-state index contributed by atoms with van der Waals surface area (Å²) in [5.74, 6) is 6.58. The molecular formula is C9H17N5O. The number of hydrazine groups is 1. The molecule has 0 unspecified atom stereocenters. The topological polar surface area (TPSA) is 88.5 Å². The van der Waals surface area contributed by atoms with Gasteiger partial charge in [0.2, 0.25) is 5.96 Å². The summed E-state index contributed by atoms with van der Waals surface area (Å²) in [6.45, 7) is 3.41. The predicted octanol–water partition coefficient (Wildman–Crippen LogP) is 0.384. The van der Waals surface area contributed by atoms with Gasteiger partial charge in [0.15, 0.2) is 5.76 Å². The molecule has 1 aromatic heterocycles. The molecule has 0 bridgehead atoms. The molecule has 6 nitrogen and oxygen atoms in total. The Bertz CT molecular complexity index is 283. The van der Waals surface area contributed by atoms with E-state index in [2.05, 4.69) is 27.8 Å². The predicted molar refractivity (Wildman–Crippen MR) is 57.9 cm³/mol. The zero-order valence-corrected chi connectivity index (χ0v) is 8.86. The van der Waals surface area contributed by atoms with Crippen LogP contribution >= 0.6 is 0 Å². The number of nitrogens with zero attached hydrogens (tertiary/aromatic N) is 2. The minimum absolute atomic E-state index is 0.429. The van der Waals surface area contributed by atoms with E-state index in [1.807, 2.05) is 0 Å². The normalized spacial score (nSPS) is 11.5. The lowest BCUT2D eigenvalue weighted by Crippen LogP contribution is -2.41. The third kappa shape index (κ3) is 4.46. The molecular weight excluding hydrogens is 194 g/mol. The minimum atomic E-state index is 0.429. The lowest BCUT2D eigenvalue weighted by atomic mass is 10.3. The molecule has 15 heavy (non-hydrogen) atoms. The first kappa shape index (κ1) is 11.5. The van der Waals surface area contributed by atoms with Crippen molar-refractivity contribution in [3.63, 3.8) is 0 Å². The van der Waals surface area contributed by atoms with Crippen molar-refractivity contribution >= 4 is 5.96 Å². The molecule has 0 amide bonds. The number of aromatic nitrogens is 1. The fourth-order valence-corrected chi connectivity index (χ4v) is 1.02. The molecule has 6 heteroatoms. The van der Waals surface area contributed by atoms with Crippen molar-refractivity contribution in [2.75, 3.05) is 6.54 Å². The molecule has 0 radical (unpaired) electrons. The molecule has 4 N–H and O–H groups in total. The fourth-order valence-electron chi connectivity index (χ4n) is 1.02. The van der Waals surface area contributed by atoms with Gasteiger partial charge in [-0.3, -0.25) is 5.43 Å². The van der Waals surface area contributed by atoms with Crippen LogP contribution in [0.5, 0.6) is 0 Å². The van der Waals surface area contributed by atoms with Gasteiger partial charge in [0.25, 0.3) is 0 Å². The first-order valence-electron chi connectivity index (χ1n) is 5.01. The van der Waals surface area contributed by atoms with E-state index in [1.165, 1.54) is 0 Å². The monoisotopic (exact) mass is 211 g/mol. The zero-order valence-electron chi connectivity index (χ0n) is 8.86. The van der Waals surface area contributed by atoms with Crippen molar-refractivity contribution in [3.8, 4) is 0 Å². The molecule has 1 rings (SSSR count). The number of unbranched alkanes of at least 4 members (excludes halogenated alkanes) is 1. The zero-order chi connectivity index (χ0) is 10.9. The lowest BCUT2D eigenvalue weighted by molar-refractivity contribution is 0.385.